The van der Waals surface area contributed by atoms with Gasteiger partial charge in [-0.15, -0.1) is 0 Å². The molecule has 0 radical (unpaired) electrons. The van der Waals surface area contributed by atoms with Crippen molar-refractivity contribution in [1.82, 2.24) is 9.97 Å². The van der Waals surface area contributed by atoms with E-state index in [1.165, 1.54) is 18.3 Å². The van der Waals surface area contributed by atoms with E-state index in [1.807, 2.05) is 30.3 Å². The Labute approximate surface area is 139 Å². The van der Waals surface area contributed by atoms with Crippen LogP contribution < -0.4 is 21.2 Å². The van der Waals surface area contributed by atoms with Crippen molar-refractivity contribution in [3.05, 3.63) is 79.8 Å². The van der Waals surface area contributed by atoms with Gasteiger partial charge in [0.25, 0.3) is 0 Å². The second kappa shape index (κ2) is 5.32. The minimum atomic E-state index is -0.232. The van der Waals surface area contributed by atoms with Gasteiger partial charge in [-0.2, -0.15) is 0 Å². The molecule has 4 rings (SSSR count). The number of aromatic nitrogens is 2. The first kappa shape index (κ1) is 13.6. The minimum absolute atomic E-state index is 0.232. The summed E-state index contributed by atoms with van der Waals surface area (Å²) in [6.07, 6.45) is 10.5. The van der Waals surface area contributed by atoms with Gasteiger partial charge in [-0.05, 0) is 0 Å². The summed E-state index contributed by atoms with van der Waals surface area (Å²) in [6.45, 7) is 5.99. The molecule has 3 heteroatoms. The molecule has 1 aliphatic carbocycles. The van der Waals surface area contributed by atoms with Gasteiger partial charge in [0.1, 0.15) is 0 Å². The fourth-order valence-corrected chi connectivity index (χ4v) is 5.54. The average molecular weight is 397 g/mol. The molecule has 2 heterocycles. The zero-order valence-corrected chi connectivity index (χ0v) is 14.3. The van der Waals surface area contributed by atoms with Crippen molar-refractivity contribution in [3.8, 4) is 0 Å². The molecule has 108 valence electrons. The number of nitrogens with zero attached hydrogens (tertiary/aromatic N) is 2. The van der Waals surface area contributed by atoms with Crippen molar-refractivity contribution in [3.63, 3.8) is 0 Å². The quantitative estimate of drug-likeness (QED) is 0.682. The topological polar surface area (TPSA) is 25.8 Å². The van der Waals surface area contributed by atoms with Gasteiger partial charge in [-0.3, -0.25) is 0 Å². The normalized spacial score (nSPS) is 18.6. The Morgan fingerprint density at radius 3 is 2.55 bits per heavy atom. The van der Waals surface area contributed by atoms with Gasteiger partial charge in [-0.25, -0.2) is 0 Å². The van der Waals surface area contributed by atoms with Crippen LogP contribution in [0.2, 0.25) is 0 Å². The Bertz CT molecular complexity index is 930. The first-order valence-corrected chi connectivity index (χ1v) is 9.28. The Hall–Kier alpha value is -2.01. The molecule has 0 saturated carbocycles. The van der Waals surface area contributed by atoms with E-state index in [0.29, 0.717) is 0 Å². The van der Waals surface area contributed by atoms with Crippen LogP contribution in [-0.2, 0) is 0 Å². The second-order valence-electron chi connectivity index (χ2n) is 5.17. The summed E-state index contributed by atoms with van der Waals surface area (Å²) in [5.74, 6) is 0. The Morgan fingerprint density at radius 1 is 1.09 bits per heavy atom. The number of hydrogen-bond acceptors (Lipinski definition) is 2. The third kappa shape index (κ3) is 2.08. The van der Waals surface area contributed by atoms with Gasteiger partial charge in [0.2, 0.25) is 0 Å². The zero-order valence-electron chi connectivity index (χ0n) is 12.2. The number of hydrogen-bond donors (Lipinski definition) is 0. The molecule has 0 bridgehead atoms. The molecule has 0 unspecified atom stereocenters. The summed E-state index contributed by atoms with van der Waals surface area (Å²) in [5.41, 5.74) is 6.55. The maximum absolute atomic E-state index is 4.87. The third-order valence-corrected chi connectivity index (χ3v) is 7.02. The maximum atomic E-state index is 4.87. The molecule has 0 N–H and O–H groups in total. The first-order valence-electron chi connectivity index (χ1n) is 7.12. The molecule has 22 heavy (non-hydrogen) atoms. The first-order chi connectivity index (χ1) is 10.8. The van der Waals surface area contributed by atoms with E-state index < -0.39 is 0 Å². The van der Waals surface area contributed by atoms with Crippen LogP contribution in [0.1, 0.15) is 18.3 Å². The van der Waals surface area contributed by atoms with Gasteiger partial charge in [-0.1, -0.05) is 0 Å². The van der Waals surface area contributed by atoms with Crippen LogP contribution in [-0.4, -0.2) is 9.97 Å². The van der Waals surface area contributed by atoms with Crippen LogP contribution in [0.15, 0.2) is 68.4 Å². The van der Waals surface area contributed by atoms with Gasteiger partial charge in [0, 0.05) is 0 Å². The number of halogens is 1. The molecule has 1 aromatic heterocycles. The summed E-state index contributed by atoms with van der Waals surface area (Å²) >= 11 is -0.232. The predicted octanol–water partition coefficient (Wildman–Crippen LogP) is 1.49. The van der Waals surface area contributed by atoms with Crippen LogP contribution in [0.3, 0.4) is 0 Å². The molecule has 0 atom stereocenters. The zero-order chi connectivity index (χ0) is 15.1. The van der Waals surface area contributed by atoms with Gasteiger partial charge in [0.15, 0.2) is 0 Å². The van der Waals surface area contributed by atoms with Crippen molar-refractivity contribution in [2.75, 3.05) is 0 Å². The van der Waals surface area contributed by atoms with E-state index in [0.717, 1.165) is 22.4 Å². The van der Waals surface area contributed by atoms with Crippen LogP contribution in [0.4, 0.5) is 0 Å². The average Bonchev–Trinajstić information content (AvgIpc) is 2.69. The fraction of sp³-hybridized carbons (Fsp3) is 0.0526. The van der Waals surface area contributed by atoms with Gasteiger partial charge >= 0.3 is 140 Å². The van der Waals surface area contributed by atoms with E-state index in [1.54, 1.807) is 0 Å². The molecule has 2 aromatic rings. The SMILES string of the molecule is C=C/C=C1/C=CC=C2C(=C(C)c3nc4ccccc4nc32)[I-]1. The molecule has 0 amide bonds. The number of benzene rings is 1. The third-order valence-electron chi connectivity index (χ3n) is 3.75. The van der Waals surface area contributed by atoms with E-state index in [4.69, 9.17) is 9.97 Å². The summed E-state index contributed by atoms with van der Waals surface area (Å²) in [4.78, 5) is 9.73. The standard InChI is InChI=1S/C19H14IN2/c1-3-7-13-8-6-9-14-17(20-13)12(2)18-19(14)22-16-11-5-4-10-15(16)21-18/h3-11H,1H2,2H3/q-1/b13-7-. The van der Waals surface area contributed by atoms with Crippen molar-refractivity contribution in [1.29, 1.82) is 0 Å². The number of allylic oxidation sites excluding steroid dienone is 9. The fourth-order valence-electron chi connectivity index (χ4n) is 2.71. The number of para-hydroxylation sites is 2. The summed E-state index contributed by atoms with van der Waals surface area (Å²) in [5, 5.41) is 0. The Balaban J connectivity index is 1.94. The molecule has 0 spiro atoms. The van der Waals surface area contributed by atoms with Gasteiger partial charge in [0.05, 0.1) is 0 Å². The van der Waals surface area contributed by atoms with E-state index >= 15 is 0 Å². The molecule has 2 aliphatic rings. The van der Waals surface area contributed by atoms with Crippen LogP contribution in [0.25, 0.3) is 22.2 Å². The Morgan fingerprint density at radius 2 is 1.82 bits per heavy atom. The molecule has 1 aromatic carbocycles. The summed E-state index contributed by atoms with van der Waals surface area (Å²) < 4.78 is 2.80. The summed E-state index contributed by atoms with van der Waals surface area (Å²) in [6, 6.07) is 8.08. The monoisotopic (exact) mass is 397 g/mol. The van der Waals surface area contributed by atoms with Crippen LogP contribution in [0, 0.1) is 0 Å². The van der Waals surface area contributed by atoms with Crippen LogP contribution >= 0.6 is 0 Å². The predicted molar refractivity (Wildman–Crippen MR) is 87.5 cm³/mol. The molecule has 0 fully saturated rings. The van der Waals surface area contributed by atoms with E-state index in [2.05, 4.69) is 37.8 Å². The molecular formula is C19H14IN2-. The van der Waals surface area contributed by atoms with Crippen molar-refractivity contribution in [2.45, 2.75) is 6.92 Å². The number of rotatable bonds is 1. The van der Waals surface area contributed by atoms with Crippen molar-refractivity contribution >= 4 is 22.2 Å². The molecule has 0 saturated heterocycles. The summed E-state index contributed by atoms with van der Waals surface area (Å²) in [7, 11) is 0. The Kier molecular flexibility index (Phi) is 3.30. The molecule has 1 aliphatic heterocycles. The second-order valence-corrected chi connectivity index (χ2v) is 8.03. The van der Waals surface area contributed by atoms with Crippen molar-refractivity contribution in [2.24, 2.45) is 0 Å². The van der Waals surface area contributed by atoms with Crippen LogP contribution in [0.5, 0.6) is 0 Å². The molecular weight excluding hydrogens is 383 g/mol. The van der Waals surface area contributed by atoms with Gasteiger partial charge < -0.3 is 0 Å². The van der Waals surface area contributed by atoms with E-state index in [-0.39, 0.29) is 21.2 Å². The van der Waals surface area contributed by atoms with E-state index in [9.17, 15) is 0 Å². The van der Waals surface area contributed by atoms with Crippen molar-refractivity contribution < 1.29 is 21.2 Å². The molecule has 2 nitrogen and oxygen atoms in total. The number of fused-ring (bicyclic) bond motifs is 4.